The zero-order chi connectivity index (χ0) is 8.81. The molecule has 0 heterocycles. The SMILES string of the molecule is CCc1ccccc1CN=C=O. The van der Waals surface area contributed by atoms with Crippen molar-refractivity contribution in [3.63, 3.8) is 0 Å². The highest BCUT2D eigenvalue weighted by Crippen LogP contribution is 2.09. The molecule has 0 N–H and O–H groups in total. The van der Waals surface area contributed by atoms with Crippen molar-refractivity contribution in [3.8, 4) is 0 Å². The Balaban J connectivity index is 2.88. The summed E-state index contributed by atoms with van der Waals surface area (Å²) in [5, 5.41) is 0. The fraction of sp³-hybridized carbons (Fsp3) is 0.300. The van der Waals surface area contributed by atoms with Crippen LogP contribution in [0.2, 0.25) is 0 Å². The summed E-state index contributed by atoms with van der Waals surface area (Å²) in [5.41, 5.74) is 2.36. The van der Waals surface area contributed by atoms with Crippen molar-refractivity contribution < 1.29 is 4.79 Å². The summed E-state index contributed by atoms with van der Waals surface area (Å²) in [7, 11) is 0. The van der Waals surface area contributed by atoms with Crippen LogP contribution in [0.25, 0.3) is 0 Å². The van der Waals surface area contributed by atoms with E-state index in [1.807, 2.05) is 18.2 Å². The van der Waals surface area contributed by atoms with Gasteiger partial charge in [0.2, 0.25) is 6.08 Å². The van der Waals surface area contributed by atoms with Crippen molar-refractivity contribution in [3.05, 3.63) is 35.4 Å². The predicted molar refractivity (Wildman–Crippen MR) is 47.6 cm³/mol. The number of hydrogen-bond donors (Lipinski definition) is 0. The third-order valence-corrected chi connectivity index (χ3v) is 1.81. The van der Waals surface area contributed by atoms with Crippen LogP contribution in [0.4, 0.5) is 0 Å². The molecule has 0 fully saturated rings. The van der Waals surface area contributed by atoms with Crippen molar-refractivity contribution in [1.82, 2.24) is 0 Å². The largest absolute Gasteiger partial charge is 0.235 e. The summed E-state index contributed by atoms with van der Waals surface area (Å²) in [6.45, 7) is 2.54. The van der Waals surface area contributed by atoms with Gasteiger partial charge in [0, 0.05) is 0 Å². The minimum Gasteiger partial charge on any atom is -0.211 e. The number of nitrogens with zero attached hydrogens (tertiary/aromatic N) is 1. The molecule has 0 unspecified atom stereocenters. The summed E-state index contributed by atoms with van der Waals surface area (Å²) >= 11 is 0. The van der Waals surface area contributed by atoms with Crippen LogP contribution in [0.3, 0.4) is 0 Å². The van der Waals surface area contributed by atoms with E-state index in [9.17, 15) is 4.79 Å². The normalized spacial score (nSPS) is 9.08. The first-order chi connectivity index (χ1) is 5.88. The van der Waals surface area contributed by atoms with E-state index in [1.165, 1.54) is 5.56 Å². The first-order valence-electron chi connectivity index (χ1n) is 3.99. The quantitative estimate of drug-likeness (QED) is 0.493. The van der Waals surface area contributed by atoms with Gasteiger partial charge in [0.05, 0.1) is 6.54 Å². The first-order valence-corrected chi connectivity index (χ1v) is 3.99. The Kier molecular flexibility index (Phi) is 3.24. The molecule has 0 spiro atoms. The van der Waals surface area contributed by atoms with E-state index < -0.39 is 0 Å². The molecule has 0 aliphatic heterocycles. The summed E-state index contributed by atoms with van der Waals surface area (Å²) < 4.78 is 0. The molecule has 0 bridgehead atoms. The Hall–Kier alpha value is -1.40. The van der Waals surface area contributed by atoms with Gasteiger partial charge in [-0.2, -0.15) is 0 Å². The summed E-state index contributed by atoms with van der Waals surface area (Å²) in [6.07, 6.45) is 2.52. The van der Waals surface area contributed by atoms with Crippen molar-refractivity contribution in [2.45, 2.75) is 19.9 Å². The van der Waals surface area contributed by atoms with Gasteiger partial charge in [-0.1, -0.05) is 31.2 Å². The lowest BCUT2D eigenvalue weighted by atomic mass is 10.1. The highest BCUT2D eigenvalue weighted by molar-refractivity contribution is 5.35. The number of aryl methyl sites for hydroxylation is 1. The minimum atomic E-state index is 0.452. The smallest absolute Gasteiger partial charge is 0.211 e. The van der Waals surface area contributed by atoms with Gasteiger partial charge in [-0.05, 0) is 17.5 Å². The van der Waals surface area contributed by atoms with E-state index in [2.05, 4.69) is 18.0 Å². The molecule has 1 aromatic rings. The van der Waals surface area contributed by atoms with Gasteiger partial charge in [-0.25, -0.2) is 9.79 Å². The summed E-state index contributed by atoms with van der Waals surface area (Å²) in [4.78, 5) is 13.4. The number of benzene rings is 1. The Bertz CT molecular complexity index is 300. The molecule has 0 saturated carbocycles. The maximum atomic E-state index is 9.89. The average Bonchev–Trinajstić information content (AvgIpc) is 2.15. The van der Waals surface area contributed by atoms with Crippen LogP contribution < -0.4 is 0 Å². The van der Waals surface area contributed by atoms with Crippen molar-refractivity contribution in [2.75, 3.05) is 0 Å². The Morgan fingerprint density at radius 2 is 2.00 bits per heavy atom. The average molecular weight is 161 g/mol. The number of hydrogen-bond acceptors (Lipinski definition) is 2. The molecular weight excluding hydrogens is 150 g/mol. The molecule has 62 valence electrons. The second-order valence-electron chi connectivity index (χ2n) is 2.53. The first kappa shape index (κ1) is 8.69. The van der Waals surface area contributed by atoms with Gasteiger partial charge in [-0.15, -0.1) is 0 Å². The highest BCUT2D eigenvalue weighted by atomic mass is 16.1. The fourth-order valence-electron chi connectivity index (χ4n) is 1.17. The molecule has 2 heteroatoms. The maximum Gasteiger partial charge on any atom is 0.235 e. The summed E-state index contributed by atoms with van der Waals surface area (Å²) in [6, 6.07) is 7.98. The Labute approximate surface area is 71.9 Å². The zero-order valence-electron chi connectivity index (χ0n) is 7.08. The van der Waals surface area contributed by atoms with E-state index in [1.54, 1.807) is 6.08 Å². The van der Waals surface area contributed by atoms with E-state index in [-0.39, 0.29) is 0 Å². The second kappa shape index (κ2) is 4.47. The molecule has 2 nitrogen and oxygen atoms in total. The van der Waals surface area contributed by atoms with Crippen molar-refractivity contribution in [2.24, 2.45) is 4.99 Å². The van der Waals surface area contributed by atoms with Crippen LogP contribution >= 0.6 is 0 Å². The van der Waals surface area contributed by atoms with E-state index in [4.69, 9.17) is 0 Å². The lowest BCUT2D eigenvalue weighted by molar-refractivity contribution is 0.562. The molecule has 0 aliphatic rings. The van der Waals surface area contributed by atoms with Gasteiger partial charge in [0.25, 0.3) is 0 Å². The molecule has 0 amide bonds. The maximum absolute atomic E-state index is 9.89. The predicted octanol–water partition coefficient (Wildman–Crippen LogP) is 2.08. The van der Waals surface area contributed by atoms with Gasteiger partial charge in [0.15, 0.2) is 0 Å². The van der Waals surface area contributed by atoms with Crippen LogP contribution in [-0.2, 0) is 17.8 Å². The molecule has 0 aromatic heterocycles. The monoisotopic (exact) mass is 161 g/mol. The van der Waals surface area contributed by atoms with Crippen LogP contribution in [0.15, 0.2) is 29.3 Å². The molecule has 0 radical (unpaired) electrons. The molecule has 0 aliphatic carbocycles. The Morgan fingerprint density at radius 3 is 2.58 bits per heavy atom. The molecule has 0 saturated heterocycles. The van der Waals surface area contributed by atoms with Gasteiger partial charge >= 0.3 is 0 Å². The number of carbonyl (C=O) groups excluding carboxylic acids is 1. The summed E-state index contributed by atoms with van der Waals surface area (Å²) in [5.74, 6) is 0. The van der Waals surface area contributed by atoms with E-state index in [0.29, 0.717) is 6.54 Å². The number of rotatable bonds is 3. The topological polar surface area (TPSA) is 29.4 Å². The van der Waals surface area contributed by atoms with E-state index in [0.717, 1.165) is 12.0 Å². The van der Waals surface area contributed by atoms with Gasteiger partial charge < -0.3 is 0 Å². The highest BCUT2D eigenvalue weighted by Gasteiger charge is 1.96. The van der Waals surface area contributed by atoms with Crippen LogP contribution in [0.5, 0.6) is 0 Å². The second-order valence-corrected chi connectivity index (χ2v) is 2.53. The van der Waals surface area contributed by atoms with Crippen LogP contribution in [0, 0.1) is 0 Å². The van der Waals surface area contributed by atoms with Crippen LogP contribution in [0.1, 0.15) is 18.1 Å². The fourth-order valence-corrected chi connectivity index (χ4v) is 1.17. The van der Waals surface area contributed by atoms with Crippen LogP contribution in [-0.4, -0.2) is 6.08 Å². The third-order valence-electron chi connectivity index (χ3n) is 1.81. The Morgan fingerprint density at radius 1 is 1.33 bits per heavy atom. The van der Waals surface area contributed by atoms with Crippen molar-refractivity contribution in [1.29, 1.82) is 0 Å². The third kappa shape index (κ3) is 2.04. The van der Waals surface area contributed by atoms with E-state index >= 15 is 0 Å². The lowest BCUT2D eigenvalue weighted by Crippen LogP contribution is -1.89. The molecule has 12 heavy (non-hydrogen) atoms. The molecule has 1 aromatic carbocycles. The lowest BCUT2D eigenvalue weighted by Gasteiger charge is -2.02. The van der Waals surface area contributed by atoms with Crippen molar-refractivity contribution >= 4 is 6.08 Å². The minimum absolute atomic E-state index is 0.452. The molecule has 1 rings (SSSR count). The van der Waals surface area contributed by atoms with Gasteiger partial charge in [0.1, 0.15) is 0 Å². The zero-order valence-corrected chi connectivity index (χ0v) is 7.08. The molecular formula is C10H11NO. The van der Waals surface area contributed by atoms with Gasteiger partial charge in [-0.3, -0.25) is 0 Å². The molecule has 0 atom stereocenters. The number of aliphatic imine (C=N–C) groups is 1. The number of isocyanates is 1. The standard InChI is InChI=1S/C10H11NO/c1-2-9-5-3-4-6-10(9)7-11-8-12/h3-6H,2,7H2,1H3.